The number of hydrogen-bond acceptors (Lipinski definition) is 4. The fourth-order valence-electron chi connectivity index (χ4n) is 3.39. The van der Waals surface area contributed by atoms with E-state index in [9.17, 15) is 4.79 Å². The number of hydrogen-bond donors (Lipinski definition) is 2. The molecule has 0 aliphatic carbocycles. The molecule has 6 heteroatoms. The van der Waals surface area contributed by atoms with Crippen LogP contribution in [0.1, 0.15) is 18.1 Å². The highest BCUT2D eigenvalue weighted by molar-refractivity contribution is 6.00. The minimum absolute atomic E-state index is 0.298. The minimum Gasteiger partial charge on any atom is -0.497 e. The molecule has 164 valence electrons. The summed E-state index contributed by atoms with van der Waals surface area (Å²) in [5, 5.41) is 5.65. The number of urea groups is 1. The van der Waals surface area contributed by atoms with Gasteiger partial charge in [-0.05, 0) is 61.0 Å². The second kappa shape index (κ2) is 9.58. The van der Waals surface area contributed by atoms with E-state index in [0.717, 1.165) is 28.3 Å². The van der Waals surface area contributed by atoms with E-state index in [0.29, 0.717) is 18.9 Å². The van der Waals surface area contributed by atoms with Crippen LogP contribution in [0.3, 0.4) is 0 Å². The lowest BCUT2D eigenvalue weighted by molar-refractivity contribution is 0.00631. The fourth-order valence-corrected chi connectivity index (χ4v) is 3.39. The molecule has 0 fully saturated rings. The van der Waals surface area contributed by atoms with Gasteiger partial charge in [-0.1, -0.05) is 36.4 Å². The smallest absolute Gasteiger partial charge is 0.323 e. The van der Waals surface area contributed by atoms with E-state index in [-0.39, 0.29) is 6.03 Å². The molecule has 4 rings (SSSR count). The molecule has 1 aliphatic rings. The van der Waals surface area contributed by atoms with Gasteiger partial charge in [-0.2, -0.15) is 0 Å². The van der Waals surface area contributed by atoms with E-state index in [4.69, 9.17) is 14.2 Å². The van der Waals surface area contributed by atoms with E-state index in [1.54, 1.807) is 7.11 Å². The molecule has 0 bridgehead atoms. The number of fused-ring (bicyclic) bond motifs is 1. The van der Waals surface area contributed by atoms with Crippen molar-refractivity contribution < 1.29 is 19.0 Å². The maximum absolute atomic E-state index is 12.2. The van der Waals surface area contributed by atoms with Gasteiger partial charge in [0.2, 0.25) is 0 Å². The SMILES string of the molecule is COc1ccc(COCC2(C)C=Cc3cc(NC(=O)Nc4ccccc4)ccc3O2)cc1. The van der Waals surface area contributed by atoms with Gasteiger partial charge in [0.1, 0.15) is 17.1 Å². The van der Waals surface area contributed by atoms with Gasteiger partial charge < -0.3 is 24.8 Å². The normalized spacial score (nSPS) is 16.6. The lowest BCUT2D eigenvalue weighted by Crippen LogP contribution is -2.37. The predicted molar refractivity (Wildman–Crippen MR) is 126 cm³/mol. The molecule has 1 unspecified atom stereocenters. The number of rotatable bonds is 7. The Balaban J connectivity index is 1.32. The number of carbonyl (C=O) groups is 1. The highest BCUT2D eigenvalue weighted by Gasteiger charge is 2.28. The van der Waals surface area contributed by atoms with Crippen molar-refractivity contribution in [3.8, 4) is 11.5 Å². The van der Waals surface area contributed by atoms with Crippen LogP contribution in [0.15, 0.2) is 78.9 Å². The molecule has 1 heterocycles. The van der Waals surface area contributed by atoms with E-state index in [1.165, 1.54) is 0 Å². The second-order valence-corrected chi connectivity index (χ2v) is 7.79. The molecule has 1 aliphatic heterocycles. The summed E-state index contributed by atoms with van der Waals surface area (Å²) in [5.41, 5.74) is 2.81. The first-order valence-corrected chi connectivity index (χ1v) is 10.4. The van der Waals surface area contributed by atoms with Gasteiger partial charge in [0.05, 0.1) is 20.3 Å². The number of para-hydroxylation sites is 1. The summed E-state index contributed by atoms with van der Waals surface area (Å²) in [6.45, 7) is 2.89. The highest BCUT2D eigenvalue weighted by Crippen LogP contribution is 2.33. The number of anilines is 2. The van der Waals surface area contributed by atoms with E-state index in [1.807, 2.05) is 91.9 Å². The van der Waals surface area contributed by atoms with Crippen molar-refractivity contribution in [2.45, 2.75) is 19.1 Å². The summed E-state index contributed by atoms with van der Waals surface area (Å²) < 4.78 is 17.3. The van der Waals surface area contributed by atoms with E-state index >= 15 is 0 Å². The Morgan fingerprint density at radius 3 is 2.47 bits per heavy atom. The summed E-state index contributed by atoms with van der Waals surface area (Å²) in [7, 11) is 1.65. The topological polar surface area (TPSA) is 68.8 Å². The molecule has 2 N–H and O–H groups in total. The first-order valence-electron chi connectivity index (χ1n) is 10.4. The van der Waals surface area contributed by atoms with Crippen LogP contribution in [-0.4, -0.2) is 25.3 Å². The molecule has 1 atom stereocenters. The first kappa shape index (κ1) is 21.5. The number of amides is 2. The van der Waals surface area contributed by atoms with Crippen LogP contribution < -0.4 is 20.1 Å². The van der Waals surface area contributed by atoms with Gasteiger partial charge in [-0.25, -0.2) is 4.79 Å². The number of benzene rings is 3. The lowest BCUT2D eigenvalue weighted by Gasteiger charge is -2.31. The summed E-state index contributed by atoms with van der Waals surface area (Å²) >= 11 is 0. The fraction of sp³-hybridized carbons (Fsp3) is 0.192. The Kier molecular flexibility index (Phi) is 6.42. The van der Waals surface area contributed by atoms with Crippen LogP contribution >= 0.6 is 0 Å². The van der Waals surface area contributed by atoms with Gasteiger partial charge in [0.15, 0.2) is 0 Å². The maximum atomic E-state index is 12.2. The van der Waals surface area contributed by atoms with Crippen molar-refractivity contribution >= 4 is 23.5 Å². The third-order valence-corrected chi connectivity index (χ3v) is 5.07. The third kappa shape index (κ3) is 5.47. The molecule has 6 nitrogen and oxygen atoms in total. The zero-order valence-corrected chi connectivity index (χ0v) is 18.1. The second-order valence-electron chi connectivity index (χ2n) is 7.79. The Morgan fingerprint density at radius 2 is 1.72 bits per heavy atom. The largest absolute Gasteiger partial charge is 0.497 e. The molecule has 0 spiro atoms. The number of ether oxygens (including phenoxy) is 3. The van der Waals surface area contributed by atoms with Gasteiger partial charge >= 0.3 is 6.03 Å². The van der Waals surface area contributed by atoms with Gasteiger partial charge in [0.25, 0.3) is 0 Å². The standard InChI is InChI=1S/C26H26N2O4/c1-26(18-31-17-19-8-11-23(30-2)12-9-19)15-14-20-16-22(10-13-24(20)32-26)28-25(29)27-21-6-4-3-5-7-21/h3-16H,17-18H2,1-2H3,(H2,27,28,29). The Bertz CT molecular complexity index is 1100. The van der Waals surface area contributed by atoms with Crippen molar-refractivity contribution in [3.05, 3.63) is 90.0 Å². The van der Waals surface area contributed by atoms with Gasteiger partial charge in [-0.15, -0.1) is 0 Å². The number of methoxy groups -OCH3 is 1. The quantitative estimate of drug-likeness (QED) is 0.503. The Morgan fingerprint density at radius 1 is 0.969 bits per heavy atom. The van der Waals surface area contributed by atoms with E-state index in [2.05, 4.69) is 10.6 Å². The van der Waals surface area contributed by atoms with Crippen molar-refractivity contribution in [1.82, 2.24) is 0 Å². The average Bonchev–Trinajstić information content (AvgIpc) is 2.80. The van der Waals surface area contributed by atoms with Crippen molar-refractivity contribution in [3.63, 3.8) is 0 Å². The molecule has 0 aromatic heterocycles. The van der Waals surface area contributed by atoms with Crippen molar-refractivity contribution in [2.24, 2.45) is 0 Å². The summed E-state index contributed by atoms with van der Waals surface area (Å²) in [6, 6.07) is 22.4. The molecule has 3 aromatic rings. The summed E-state index contributed by atoms with van der Waals surface area (Å²) in [5.74, 6) is 1.57. The Hall–Kier alpha value is -3.77. The lowest BCUT2D eigenvalue weighted by atomic mass is 10.0. The van der Waals surface area contributed by atoms with Gasteiger partial charge in [0, 0.05) is 16.9 Å². The zero-order valence-electron chi connectivity index (χ0n) is 18.1. The first-order chi connectivity index (χ1) is 15.5. The predicted octanol–water partition coefficient (Wildman–Crippen LogP) is 5.72. The molecule has 3 aromatic carbocycles. The van der Waals surface area contributed by atoms with Crippen LogP contribution in [-0.2, 0) is 11.3 Å². The number of nitrogens with one attached hydrogen (secondary N) is 2. The van der Waals surface area contributed by atoms with Gasteiger partial charge in [-0.3, -0.25) is 0 Å². The molecular weight excluding hydrogens is 404 g/mol. The monoisotopic (exact) mass is 430 g/mol. The maximum Gasteiger partial charge on any atom is 0.323 e. The van der Waals surface area contributed by atoms with Crippen molar-refractivity contribution in [2.75, 3.05) is 24.4 Å². The van der Waals surface area contributed by atoms with Crippen LogP contribution in [0, 0.1) is 0 Å². The molecule has 2 amide bonds. The van der Waals surface area contributed by atoms with E-state index < -0.39 is 5.60 Å². The van der Waals surface area contributed by atoms with Crippen LogP contribution in [0.5, 0.6) is 11.5 Å². The molecule has 0 saturated carbocycles. The molecule has 32 heavy (non-hydrogen) atoms. The molecular formula is C26H26N2O4. The van der Waals surface area contributed by atoms with Crippen LogP contribution in [0.4, 0.5) is 16.2 Å². The Labute approximate surface area is 187 Å². The zero-order chi connectivity index (χ0) is 22.4. The van der Waals surface area contributed by atoms with Crippen LogP contribution in [0.2, 0.25) is 0 Å². The summed E-state index contributed by atoms with van der Waals surface area (Å²) in [4.78, 5) is 12.2. The molecule has 0 radical (unpaired) electrons. The minimum atomic E-state index is -0.570. The highest BCUT2D eigenvalue weighted by atomic mass is 16.5. The van der Waals surface area contributed by atoms with Crippen LogP contribution in [0.25, 0.3) is 6.08 Å². The number of carbonyl (C=O) groups excluding carboxylic acids is 1. The third-order valence-electron chi connectivity index (χ3n) is 5.07. The summed E-state index contributed by atoms with van der Waals surface area (Å²) in [6.07, 6.45) is 3.98. The average molecular weight is 431 g/mol. The van der Waals surface area contributed by atoms with Crippen molar-refractivity contribution in [1.29, 1.82) is 0 Å². The molecule has 0 saturated heterocycles.